The van der Waals surface area contributed by atoms with E-state index >= 15 is 0 Å². The van der Waals surface area contributed by atoms with Crippen LogP contribution in [0, 0.1) is 0 Å². The monoisotopic (exact) mass is 463 g/mol. The second-order valence-corrected chi connectivity index (χ2v) is 9.18. The summed E-state index contributed by atoms with van der Waals surface area (Å²) < 4.78 is 30.7. The Morgan fingerprint density at radius 3 is 2.55 bits per heavy atom. The van der Waals surface area contributed by atoms with Gasteiger partial charge in [0, 0.05) is 36.8 Å². The number of nitrogens with one attached hydrogen (secondary N) is 2. The van der Waals surface area contributed by atoms with Crippen LogP contribution in [0.15, 0.2) is 58.2 Å². The molecule has 31 heavy (non-hydrogen) atoms. The number of pyridine rings is 1. The molecule has 9 nitrogen and oxygen atoms in total. The fourth-order valence-electron chi connectivity index (χ4n) is 2.75. The Hall–Kier alpha value is -3.21. The van der Waals surface area contributed by atoms with Crippen molar-refractivity contribution >= 4 is 50.1 Å². The molecule has 0 radical (unpaired) electrons. The van der Waals surface area contributed by atoms with Crippen molar-refractivity contribution in [3.8, 4) is 0 Å². The van der Waals surface area contributed by atoms with Crippen molar-refractivity contribution in [2.75, 3.05) is 26.0 Å². The SMILES string of the molecule is CN(C)S(=O)(=O)c1cc(NC(=O)COC(=O)c2cc(=O)[nH]c3ccccc23)ccc1Cl. The third-order valence-electron chi connectivity index (χ3n) is 4.28. The summed E-state index contributed by atoms with van der Waals surface area (Å²) >= 11 is 5.98. The molecule has 11 heteroatoms. The first-order valence-electron chi connectivity index (χ1n) is 8.90. The molecule has 0 saturated heterocycles. The fourth-order valence-corrected chi connectivity index (χ4v) is 4.15. The molecular formula is C20H18ClN3O6S. The number of aromatic nitrogens is 1. The van der Waals surface area contributed by atoms with Crippen molar-refractivity contribution in [1.29, 1.82) is 0 Å². The summed E-state index contributed by atoms with van der Waals surface area (Å²) in [7, 11) is -1.11. The van der Waals surface area contributed by atoms with E-state index in [9.17, 15) is 22.8 Å². The molecule has 3 aromatic rings. The third kappa shape index (κ3) is 4.93. The lowest BCUT2D eigenvalue weighted by molar-refractivity contribution is -0.119. The van der Waals surface area contributed by atoms with Gasteiger partial charge < -0.3 is 15.0 Å². The second kappa shape index (κ2) is 8.88. The first kappa shape index (κ1) is 22.5. The molecule has 0 saturated carbocycles. The van der Waals surface area contributed by atoms with Gasteiger partial charge in [-0.15, -0.1) is 0 Å². The van der Waals surface area contributed by atoms with Gasteiger partial charge in [0.1, 0.15) is 4.90 Å². The number of amides is 1. The van der Waals surface area contributed by atoms with E-state index in [1.807, 2.05) is 0 Å². The van der Waals surface area contributed by atoms with Crippen LogP contribution in [0.3, 0.4) is 0 Å². The predicted molar refractivity (Wildman–Crippen MR) is 116 cm³/mol. The van der Waals surface area contributed by atoms with Gasteiger partial charge in [0.25, 0.3) is 5.91 Å². The van der Waals surface area contributed by atoms with Crippen LogP contribution < -0.4 is 10.9 Å². The van der Waals surface area contributed by atoms with Gasteiger partial charge in [0.2, 0.25) is 15.6 Å². The minimum absolute atomic E-state index is 0.000644. The van der Waals surface area contributed by atoms with Gasteiger partial charge in [0.15, 0.2) is 6.61 Å². The Balaban J connectivity index is 1.73. The average molecular weight is 464 g/mol. The molecule has 3 rings (SSSR count). The summed E-state index contributed by atoms with van der Waals surface area (Å²) in [5.41, 5.74) is 0.165. The van der Waals surface area contributed by atoms with Crippen molar-refractivity contribution in [2.24, 2.45) is 0 Å². The molecule has 1 aromatic heterocycles. The Bertz CT molecular complexity index is 1330. The normalized spacial score (nSPS) is 11.5. The van der Waals surface area contributed by atoms with Crippen LogP contribution in [0.25, 0.3) is 10.9 Å². The van der Waals surface area contributed by atoms with Crippen molar-refractivity contribution in [1.82, 2.24) is 9.29 Å². The predicted octanol–water partition coefficient (Wildman–Crippen LogP) is 2.23. The molecule has 1 amide bonds. The van der Waals surface area contributed by atoms with Gasteiger partial charge in [-0.25, -0.2) is 17.5 Å². The van der Waals surface area contributed by atoms with Crippen LogP contribution >= 0.6 is 11.6 Å². The molecule has 0 unspecified atom stereocenters. The molecule has 2 aromatic carbocycles. The number of halogens is 1. The number of nitrogens with zero attached hydrogens (tertiary/aromatic N) is 1. The maximum Gasteiger partial charge on any atom is 0.339 e. The molecule has 0 spiro atoms. The van der Waals surface area contributed by atoms with Gasteiger partial charge >= 0.3 is 5.97 Å². The minimum atomic E-state index is -3.82. The number of para-hydroxylation sites is 1. The highest BCUT2D eigenvalue weighted by Gasteiger charge is 2.22. The highest BCUT2D eigenvalue weighted by Crippen LogP contribution is 2.26. The molecule has 0 bridgehead atoms. The number of ether oxygens (including phenoxy) is 1. The number of carbonyl (C=O) groups is 2. The van der Waals surface area contributed by atoms with Gasteiger partial charge in [-0.3, -0.25) is 9.59 Å². The highest BCUT2D eigenvalue weighted by molar-refractivity contribution is 7.89. The lowest BCUT2D eigenvalue weighted by Crippen LogP contribution is -2.24. The second-order valence-electron chi connectivity index (χ2n) is 6.65. The van der Waals surface area contributed by atoms with Crippen LogP contribution in [0.2, 0.25) is 5.02 Å². The molecular weight excluding hydrogens is 446 g/mol. The number of hydrogen-bond acceptors (Lipinski definition) is 6. The van der Waals surface area contributed by atoms with Crippen molar-refractivity contribution < 1.29 is 22.7 Å². The summed E-state index contributed by atoms with van der Waals surface area (Å²) in [6.45, 7) is -0.641. The number of benzene rings is 2. The molecule has 0 fully saturated rings. The first-order chi connectivity index (χ1) is 14.6. The van der Waals surface area contributed by atoms with Crippen LogP contribution in [0.5, 0.6) is 0 Å². The summed E-state index contributed by atoms with van der Waals surface area (Å²) in [6.07, 6.45) is 0. The molecule has 0 aliphatic rings. The number of anilines is 1. The standard InChI is InChI=1S/C20H18ClN3O6S/c1-24(2)31(28,29)17-9-12(7-8-15(17)21)22-19(26)11-30-20(27)14-10-18(25)23-16-6-4-3-5-13(14)16/h3-10H,11H2,1-2H3,(H,22,26)(H,23,25). The number of fused-ring (bicyclic) bond motifs is 1. The van der Waals surface area contributed by atoms with Crippen molar-refractivity contribution in [3.63, 3.8) is 0 Å². The van der Waals surface area contributed by atoms with E-state index in [1.54, 1.807) is 24.3 Å². The average Bonchev–Trinajstić information content (AvgIpc) is 2.72. The van der Waals surface area contributed by atoms with E-state index in [-0.39, 0.29) is 21.2 Å². The third-order valence-corrected chi connectivity index (χ3v) is 6.58. The van der Waals surface area contributed by atoms with Gasteiger partial charge in [-0.2, -0.15) is 0 Å². The molecule has 0 aliphatic heterocycles. The number of carbonyl (C=O) groups excluding carboxylic acids is 2. The number of esters is 1. The lowest BCUT2D eigenvalue weighted by atomic mass is 10.1. The largest absolute Gasteiger partial charge is 0.452 e. The van der Waals surface area contributed by atoms with E-state index in [4.69, 9.17) is 16.3 Å². The molecule has 1 heterocycles. The van der Waals surface area contributed by atoms with Crippen LogP contribution in [-0.4, -0.2) is 50.3 Å². The molecule has 2 N–H and O–H groups in total. The summed E-state index contributed by atoms with van der Waals surface area (Å²) in [5.74, 6) is -1.54. The van der Waals surface area contributed by atoms with Gasteiger partial charge in [-0.1, -0.05) is 29.8 Å². The smallest absolute Gasteiger partial charge is 0.339 e. The number of sulfonamides is 1. The van der Waals surface area contributed by atoms with Gasteiger partial charge in [-0.05, 0) is 24.3 Å². The van der Waals surface area contributed by atoms with E-state index in [0.29, 0.717) is 10.9 Å². The first-order valence-corrected chi connectivity index (χ1v) is 10.7. The molecule has 0 aliphatic carbocycles. The molecule has 0 atom stereocenters. The van der Waals surface area contributed by atoms with E-state index < -0.39 is 34.1 Å². The maximum absolute atomic E-state index is 12.4. The fraction of sp³-hybridized carbons (Fsp3) is 0.150. The van der Waals surface area contributed by atoms with Crippen molar-refractivity contribution in [3.05, 3.63) is 69.5 Å². The van der Waals surface area contributed by atoms with Gasteiger partial charge in [0.05, 0.1) is 10.6 Å². The molecule has 162 valence electrons. The summed E-state index contributed by atoms with van der Waals surface area (Å²) in [4.78, 5) is 38.8. The zero-order chi connectivity index (χ0) is 22.8. The van der Waals surface area contributed by atoms with E-state index in [2.05, 4.69) is 10.3 Å². The van der Waals surface area contributed by atoms with E-state index in [1.165, 1.54) is 32.3 Å². The van der Waals surface area contributed by atoms with Crippen molar-refractivity contribution in [2.45, 2.75) is 4.90 Å². The summed E-state index contributed by atoms with van der Waals surface area (Å²) in [5, 5.41) is 2.93. The van der Waals surface area contributed by atoms with Crippen LogP contribution in [0.4, 0.5) is 5.69 Å². The highest BCUT2D eigenvalue weighted by atomic mass is 35.5. The topological polar surface area (TPSA) is 126 Å². The Morgan fingerprint density at radius 2 is 1.84 bits per heavy atom. The Kier molecular flexibility index (Phi) is 6.44. The summed E-state index contributed by atoms with van der Waals surface area (Å²) in [6, 6.07) is 11.7. The number of rotatable bonds is 6. The number of H-pyrrole nitrogens is 1. The quantitative estimate of drug-likeness (QED) is 0.540. The zero-order valence-electron chi connectivity index (χ0n) is 16.5. The van der Waals surface area contributed by atoms with E-state index in [0.717, 1.165) is 10.4 Å². The number of hydrogen-bond donors (Lipinski definition) is 2. The Morgan fingerprint density at radius 1 is 1.13 bits per heavy atom. The number of aromatic amines is 1. The van der Waals surface area contributed by atoms with Crippen LogP contribution in [-0.2, 0) is 19.6 Å². The zero-order valence-corrected chi connectivity index (χ0v) is 18.1. The lowest BCUT2D eigenvalue weighted by Gasteiger charge is -2.14. The van der Waals surface area contributed by atoms with Crippen LogP contribution in [0.1, 0.15) is 10.4 Å². The Labute approximate surface area is 182 Å². The minimum Gasteiger partial charge on any atom is -0.452 e. The maximum atomic E-state index is 12.4.